The molecule has 0 aromatic carbocycles. The molecule has 0 spiro atoms. The van der Waals surface area contributed by atoms with E-state index in [0.717, 1.165) is 19.4 Å². The molecule has 18 heavy (non-hydrogen) atoms. The molecule has 2 unspecified atom stereocenters. The average Bonchev–Trinajstić information content (AvgIpc) is 2.33. The first-order valence-corrected chi connectivity index (χ1v) is 6.58. The second-order valence-electron chi connectivity index (χ2n) is 4.74. The molecule has 2 atom stereocenters. The van der Waals surface area contributed by atoms with Gasteiger partial charge >= 0.3 is 5.97 Å². The van der Waals surface area contributed by atoms with Gasteiger partial charge in [-0.1, -0.05) is 13.3 Å². The summed E-state index contributed by atoms with van der Waals surface area (Å²) >= 11 is 0. The van der Waals surface area contributed by atoms with Gasteiger partial charge in [-0.25, -0.2) is 0 Å². The number of carboxylic acid groups (broad SMARTS) is 1. The number of unbranched alkanes of at least 4 members (excludes halogenated alkanes) is 1. The van der Waals surface area contributed by atoms with E-state index in [-0.39, 0.29) is 6.10 Å². The molecule has 0 rings (SSSR count). The smallest absolute Gasteiger partial charge is 0.323 e. The molecule has 0 aromatic heterocycles. The van der Waals surface area contributed by atoms with Gasteiger partial charge < -0.3 is 19.9 Å². The molecule has 0 saturated carbocycles. The maximum Gasteiger partial charge on any atom is 0.323 e. The molecule has 0 heterocycles. The average molecular weight is 261 g/mol. The van der Waals surface area contributed by atoms with Crippen molar-refractivity contribution < 1.29 is 19.4 Å². The summed E-state index contributed by atoms with van der Waals surface area (Å²) in [5.74, 6) is -0.861. The summed E-state index contributed by atoms with van der Waals surface area (Å²) in [7, 11) is 1.65. The minimum atomic E-state index is -0.942. The third kappa shape index (κ3) is 6.93. The zero-order valence-corrected chi connectivity index (χ0v) is 12.0. The Morgan fingerprint density at radius 2 is 2.06 bits per heavy atom. The zero-order valence-electron chi connectivity index (χ0n) is 12.0. The van der Waals surface area contributed by atoms with Crippen molar-refractivity contribution in [1.29, 1.82) is 0 Å². The van der Waals surface area contributed by atoms with Gasteiger partial charge in [0.05, 0.1) is 19.3 Å². The van der Waals surface area contributed by atoms with Crippen molar-refractivity contribution in [1.82, 2.24) is 5.32 Å². The molecule has 0 aliphatic carbocycles. The van der Waals surface area contributed by atoms with Gasteiger partial charge in [0.25, 0.3) is 0 Å². The predicted molar refractivity (Wildman–Crippen MR) is 70.9 cm³/mol. The van der Waals surface area contributed by atoms with E-state index in [2.05, 4.69) is 12.2 Å². The topological polar surface area (TPSA) is 67.8 Å². The Kier molecular flexibility index (Phi) is 8.97. The lowest BCUT2D eigenvalue weighted by atomic mass is 9.95. The van der Waals surface area contributed by atoms with Crippen LogP contribution < -0.4 is 5.32 Å². The van der Waals surface area contributed by atoms with Crippen LogP contribution in [0.25, 0.3) is 0 Å². The van der Waals surface area contributed by atoms with Gasteiger partial charge in [-0.2, -0.15) is 0 Å². The summed E-state index contributed by atoms with van der Waals surface area (Å²) in [5.41, 5.74) is -0.942. The minimum Gasteiger partial charge on any atom is -0.480 e. The maximum absolute atomic E-state index is 11.1. The van der Waals surface area contributed by atoms with Crippen LogP contribution in [0.15, 0.2) is 0 Å². The molecule has 108 valence electrons. The molecular formula is C13H27NO4. The van der Waals surface area contributed by atoms with Crippen LogP contribution in [0.3, 0.4) is 0 Å². The standard InChI is InChI=1S/C13H27NO4/c1-5-6-7-17-8-9-18-11(2)10-13(3,14-4)12(15)16/h11,14H,5-10H2,1-4H3,(H,15,16). The second kappa shape index (κ2) is 9.30. The van der Waals surface area contributed by atoms with Crippen molar-refractivity contribution in [3.05, 3.63) is 0 Å². The van der Waals surface area contributed by atoms with Crippen LogP contribution in [-0.4, -0.2) is 49.6 Å². The van der Waals surface area contributed by atoms with E-state index in [9.17, 15) is 4.79 Å². The predicted octanol–water partition coefficient (Wildman–Crippen LogP) is 1.66. The van der Waals surface area contributed by atoms with E-state index < -0.39 is 11.5 Å². The summed E-state index contributed by atoms with van der Waals surface area (Å²) in [6, 6.07) is 0. The van der Waals surface area contributed by atoms with E-state index in [4.69, 9.17) is 14.6 Å². The number of hydrogen-bond acceptors (Lipinski definition) is 4. The Balaban J connectivity index is 3.76. The summed E-state index contributed by atoms with van der Waals surface area (Å²) in [6.07, 6.45) is 2.49. The van der Waals surface area contributed by atoms with E-state index >= 15 is 0 Å². The first kappa shape index (κ1) is 17.4. The lowest BCUT2D eigenvalue weighted by Gasteiger charge is -2.27. The number of aliphatic carboxylic acids is 1. The van der Waals surface area contributed by atoms with Crippen LogP contribution in [0, 0.1) is 0 Å². The zero-order chi connectivity index (χ0) is 14.0. The van der Waals surface area contributed by atoms with Crippen LogP contribution in [0.4, 0.5) is 0 Å². The SMILES string of the molecule is CCCCOCCOC(C)CC(C)(NC)C(=O)O. The largest absolute Gasteiger partial charge is 0.480 e. The maximum atomic E-state index is 11.1. The monoisotopic (exact) mass is 261 g/mol. The van der Waals surface area contributed by atoms with Gasteiger partial charge in [-0.3, -0.25) is 4.79 Å². The van der Waals surface area contributed by atoms with E-state index in [1.165, 1.54) is 0 Å². The van der Waals surface area contributed by atoms with Crippen molar-refractivity contribution in [2.45, 2.75) is 51.7 Å². The highest BCUT2D eigenvalue weighted by atomic mass is 16.5. The fourth-order valence-electron chi connectivity index (χ4n) is 1.59. The molecule has 0 aromatic rings. The number of nitrogens with one attached hydrogen (secondary N) is 1. The van der Waals surface area contributed by atoms with Gasteiger partial charge in [0.2, 0.25) is 0 Å². The number of rotatable bonds is 11. The van der Waals surface area contributed by atoms with Crippen LogP contribution in [-0.2, 0) is 14.3 Å². The molecule has 5 nitrogen and oxygen atoms in total. The summed E-state index contributed by atoms with van der Waals surface area (Å²) < 4.78 is 10.9. The summed E-state index contributed by atoms with van der Waals surface area (Å²) in [5, 5.41) is 11.9. The first-order valence-electron chi connectivity index (χ1n) is 6.58. The van der Waals surface area contributed by atoms with Gasteiger partial charge in [-0.15, -0.1) is 0 Å². The lowest BCUT2D eigenvalue weighted by molar-refractivity contribution is -0.145. The van der Waals surface area contributed by atoms with E-state index in [1.807, 2.05) is 6.92 Å². The quantitative estimate of drug-likeness (QED) is 0.554. The highest BCUT2D eigenvalue weighted by Crippen LogP contribution is 2.14. The molecule has 0 bridgehead atoms. The van der Waals surface area contributed by atoms with E-state index in [1.54, 1.807) is 14.0 Å². The number of likely N-dealkylation sites (N-methyl/N-ethyl adjacent to an activating group) is 1. The highest BCUT2D eigenvalue weighted by molar-refractivity contribution is 5.78. The lowest BCUT2D eigenvalue weighted by Crippen LogP contribution is -2.49. The summed E-state index contributed by atoms with van der Waals surface area (Å²) in [4.78, 5) is 11.1. The van der Waals surface area contributed by atoms with Crippen molar-refractivity contribution in [2.24, 2.45) is 0 Å². The number of carboxylic acids is 1. The molecule has 0 radical (unpaired) electrons. The van der Waals surface area contributed by atoms with Gasteiger partial charge in [-0.05, 0) is 27.3 Å². The van der Waals surface area contributed by atoms with Gasteiger partial charge in [0, 0.05) is 13.0 Å². The third-order valence-corrected chi connectivity index (χ3v) is 2.99. The Labute approximate surface area is 110 Å². The second-order valence-corrected chi connectivity index (χ2v) is 4.74. The number of carbonyl (C=O) groups is 1. The van der Waals surface area contributed by atoms with E-state index in [0.29, 0.717) is 19.6 Å². The normalized spacial score (nSPS) is 16.2. The molecule has 0 saturated heterocycles. The van der Waals surface area contributed by atoms with Crippen molar-refractivity contribution in [3.63, 3.8) is 0 Å². The molecule has 0 amide bonds. The minimum absolute atomic E-state index is 0.117. The molecule has 0 fully saturated rings. The highest BCUT2D eigenvalue weighted by Gasteiger charge is 2.33. The van der Waals surface area contributed by atoms with Crippen LogP contribution in [0.2, 0.25) is 0 Å². The van der Waals surface area contributed by atoms with Crippen molar-refractivity contribution in [2.75, 3.05) is 26.9 Å². The molecular weight excluding hydrogens is 234 g/mol. The third-order valence-electron chi connectivity index (χ3n) is 2.99. The number of hydrogen-bond donors (Lipinski definition) is 2. The van der Waals surface area contributed by atoms with Gasteiger partial charge in [0.1, 0.15) is 5.54 Å². The fourth-order valence-corrected chi connectivity index (χ4v) is 1.59. The Morgan fingerprint density at radius 3 is 2.56 bits per heavy atom. The molecule has 2 N–H and O–H groups in total. The Hall–Kier alpha value is -0.650. The fraction of sp³-hybridized carbons (Fsp3) is 0.923. The van der Waals surface area contributed by atoms with Gasteiger partial charge in [0.15, 0.2) is 0 Å². The van der Waals surface area contributed by atoms with Crippen LogP contribution in [0.1, 0.15) is 40.0 Å². The number of ether oxygens (including phenoxy) is 2. The Morgan fingerprint density at radius 1 is 1.39 bits per heavy atom. The summed E-state index contributed by atoms with van der Waals surface area (Å²) in [6.45, 7) is 7.49. The van der Waals surface area contributed by atoms with Crippen molar-refractivity contribution >= 4 is 5.97 Å². The molecule has 0 aliphatic rings. The first-order chi connectivity index (χ1) is 8.46. The molecule has 5 heteroatoms. The van der Waals surface area contributed by atoms with Crippen LogP contribution >= 0.6 is 0 Å². The Bertz CT molecular complexity index is 235. The van der Waals surface area contributed by atoms with Crippen molar-refractivity contribution in [3.8, 4) is 0 Å². The van der Waals surface area contributed by atoms with Crippen LogP contribution in [0.5, 0.6) is 0 Å². The molecule has 0 aliphatic heterocycles.